The first kappa shape index (κ1) is 17.6. The molecule has 2 N–H and O–H groups in total. The minimum Gasteiger partial charge on any atom is -0.352 e. The van der Waals surface area contributed by atoms with Gasteiger partial charge < -0.3 is 9.88 Å². The molecule has 0 unspecified atom stereocenters. The van der Waals surface area contributed by atoms with Gasteiger partial charge in [-0.2, -0.15) is 5.10 Å². The predicted octanol–water partition coefficient (Wildman–Crippen LogP) is 1.97. The summed E-state index contributed by atoms with van der Waals surface area (Å²) in [6.07, 6.45) is 0.588. The summed E-state index contributed by atoms with van der Waals surface area (Å²) in [5, 5.41) is 9.69. The smallest absolute Gasteiger partial charge is 0.251 e. The number of benzene rings is 1. The summed E-state index contributed by atoms with van der Waals surface area (Å²) in [7, 11) is 0.787. The lowest BCUT2D eigenvalue weighted by molar-refractivity contribution is 0.0954. The van der Waals surface area contributed by atoms with Crippen molar-refractivity contribution in [1.29, 1.82) is 0 Å². The van der Waals surface area contributed by atoms with Gasteiger partial charge in [0.2, 0.25) is 0 Å². The van der Waals surface area contributed by atoms with Crippen molar-refractivity contribution in [3.8, 4) is 0 Å². The summed E-state index contributed by atoms with van der Waals surface area (Å²) in [5.74, 6) is 0.627. The highest BCUT2D eigenvalue weighted by atomic mass is 32.2. The topological polar surface area (TPSA) is 79.8 Å². The lowest BCUT2D eigenvalue weighted by Gasteiger charge is -2.08. The molecule has 0 aliphatic heterocycles. The highest BCUT2D eigenvalue weighted by Gasteiger charge is 2.10. The summed E-state index contributed by atoms with van der Waals surface area (Å²) in [5.41, 5.74) is 0.546. The number of H-pyrrole nitrogens is 1. The van der Waals surface area contributed by atoms with Crippen LogP contribution in [0.1, 0.15) is 30.0 Å². The first-order chi connectivity index (χ1) is 10.9. The Morgan fingerprint density at radius 1 is 1.39 bits per heavy atom. The zero-order chi connectivity index (χ0) is 17.0. The van der Waals surface area contributed by atoms with Crippen molar-refractivity contribution in [1.82, 2.24) is 20.1 Å². The number of rotatable bonds is 6. The van der Waals surface area contributed by atoms with Gasteiger partial charge in [-0.25, -0.2) is 0 Å². The normalized spacial score (nSPS) is 12.3. The number of hydrogen-bond donors (Lipinski definition) is 2. The maximum Gasteiger partial charge on any atom is 0.251 e. The zero-order valence-electron chi connectivity index (χ0n) is 13.3. The van der Waals surface area contributed by atoms with E-state index in [0.717, 1.165) is 10.7 Å². The van der Waals surface area contributed by atoms with Gasteiger partial charge in [-0.15, -0.1) is 0 Å². The van der Waals surface area contributed by atoms with Gasteiger partial charge in [0, 0.05) is 35.7 Å². The summed E-state index contributed by atoms with van der Waals surface area (Å²) in [6.45, 7) is 4.27. The minimum atomic E-state index is -1.04. The quantitative estimate of drug-likeness (QED) is 0.779. The van der Waals surface area contributed by atoms with Crippen molar-refractivity contribution in [2.24, 2.45) is 7.05 Å². The number of nitrogens with one attached hydrogen (secondary N) is 2. The molecule has 8 heteroatoms. The van der Waals surface area contributed by atoms with Crippen LogP contribution in [0.3, 0.4) is 0 Å². The number of hydrogen-bond acceptors (Lipinski definition) is 4. The largest absolute Gasteiger partial charge is 0.352 e. The molecule has 0 radical (unpaired) electrons. The molecule has 0 fully saturated rings. The summed E-state index contributed by atoms with van der Waals surface area (Å²) in [6, 6.07) is 6.87. The lowest BCUT2D eigenvalue weighted by atomic mass is 10.2. The van der Waals surface area contributed by atoms with Crippen LogP contribution in [0.4, 0.5) is 0 Å². The Balaban J connectivity index is 1.92. The molecule has 124 valence electrons. The molecule has 1 aromatic carbocycles. The van der Waals surface area contributed by atoms with E-state index in [9.17, 15) is 9.00 Å². The molecule has 0 aliphatic rings. The third-order valence-electron chi connectivity index (χ3n) is 3.38. The molecule has 0 saturated carbocycles. The predicted molar refractivity (Wildman–Crippen MR) is 92.4 cm³/mol. The number of carbonyl (C=O) groups excluding carboxylic acids is 1. The molecule has 0 spiro atoms. The first-order valence-electron chi connectivity index (χ1n) is 7.29. The Kier molecular flexibility index (Phi) is 5.84. The second-order valence-corrected chi connectivity index (χ2v) is 7.78. The Morgan fingerprint density at radius 3 is 2.57 bits per heavy atom. The van der Waals surface area contributed by atoms with Crippen LogP contribution in [0, 0.1) is 4.77 Å². The van der Waals surface area contributed by atoms with Crippen LogP contribution in [-0.4, -0.2) is 36.7 Å². The molecule has 23 heavy (non-hydrogen) atoms. The average Bonchev–Trinajstić information content (AvgIpc) is 2.86. The first-order valence-corrected chi connectivity index (χ1v) is 8.91. The second-order valence-electron chi connectivity index (χ2n) is 5.38. The van der Waals surface area contributed by atoms with E-state index >= 15 is 0 Å². The van der Waals surface area contributed by atoms with Gasteiger partial charge in [0.25, 0.3) is 5.91 Å². The van der Waals surface area contributed by atoms with E-state index in [1.807, 2.05) is 20.9 Å². The standard InChI is InChI=1S/C15H20N4O2S2/c1-10(2)23(21)12-6-4-11(5-7-12)14(20)16-9-8-13-17-18-15(22)19(13)3/h4-7,10H,8-9H2,1-3H3,(H,16,20)(H,18,22)/t23-/m1/s1. The third-order valence-corrected chi connectivity index (χ3v) is 5.34. The van der Waals surface area contributed by atoms with E-state index in [2.05, 4.69) is 15.5 Å². The number of amides is 1. The third kappa shape index (κ3) is 4.35. The number of nitrogens with zero attached hydrogens (tertiary/aromatic N) is 2. The van der Waals surface area contributed by atoms with Crippen molar-refractivity contribution < 1.29 is 9.00 Å². The zero-order valence-corrected chi connectivity index (χ0v) is 15.0. The Labute approximate surface area is 142 Å². The van der Waals surface area contributed by atoms with Crippen molar-refractivity contribution in [2.75, 3.05) is 6.54 Å². The van der Waals surface area contributed by atoms with Gasteiger partial charge >= 0.3 is 0 Å². The number of aromatic amines is 1. The molecule has 1 amide bonds. The number of carbonyl (C=O) groups is 1. The van der Waals surface area contributed by atoms with Crippen LogP contribution >= 0.6 is 12.2 Å². The fraction of sp³-hybridized carbons (Fsp3) is 0.400. The van der Waals surface area contributed by atoms with Crippen LogP contribution in [0.25, 0.3) is 0 Å². The van der Waals surface area contributed by atoms with Gasteiger partial charge in [-0.1, -0.05) is 13.8 Å². The van der Waals surface area contributed by atoms with E-state index in [-0.39, 0.29) is 11.2 Å². The van der Waals surface area contributed by atoms with E-state index in [1.54, 1.807) is 28.8 Å². The van der Waals surface area contributed by atoms with Crippen LogP contribution in [0.5, 0.6) is 0 Å². The molecule has 1 heterocycles. The van der Waals surface area contributed by atoms with E-state index in [1.165, 1.54) is 0 Å². The van der Waals surface area contributed by atoms with E-state index in [4.69, 9.17) is 12.2 Å². The van der Waals surface area contributed by atoms with Crippen LogP contribution in [0.2, 0.25) is 0 Å². The van der Waals surface area contributed by atoms with Crippen molar-refractivity contribution in [2.45, 2.75) is 30.4 Å². The molecular weight excluding hydrogens is 332 g/mol. The lowest BCUT2D eigenvalue weighted by Crippen LogP contribution is -2.26. The Morgan fingerprint density at radius 2 is 2.04 bits per heavy atom. The molecular formula is C15H20N4O2S2. The fourth-order valence-electron chi connectivity index (χ4n) is 2.01. The molecule has 0 aliphatic carbocycles. The highest BCUT2D eigenvalue weighted by Crippen LogP contribution is 2.12. The van der Waals surface area contributed by atoms with Crippen molar-refractivity contribution >= 4 is 28.9 Å². The molecule has 0 saturated heterocycles. The molecule has 6 nitrogen and oxygen atoms in total. The monoisotopic (exact) mass is 352 g/mol. The second kappa shape index (κ2) is 7.65. The van der Waals surface area contributed by atoms with Gasteiger partial charge in [0.05, 0.1) is 10.8 Å². The van der Waals surface area contributed by atoms with Crippen molar-refractivity contribution in [3.05, 3.63) is 40.4 Å². The maximum absolute atomic E-state index is 12.1. The molecule has 1 aromatic heterocycles. The van der Waals surface area contributed by atoms with Gasteiger partial charge in [-0.3, -0.25) is 14.1 Å². The van der Waals surface area contributed by atoms with Gasteiger partial charge in [0.1, 0.15) is 5.82 Å². The van der Waals surface area contributed by atoms with Gasteiger partial charge in [0.15, 0.2) is 4.77 Å². The van der Waals surface area contributed by atoms with Crippen LogP contribution in [0.15, 0.2) is 29.2 Å². The van der Waals surface area contributed by atoms with Crippen LogP contribution < -0.4 is 5.32 Å². The average molecular weight is 352 g/mol. The SMILES string of the molecule is CC(C)[S@@](=O)c1ccc(C(=O)NCCc2n[nH]c(=S)n2C)cc1. The van der Waals surface area contributed by atoms with E-state index < -0.39 is 10.8 Å². The summed E-state index contributed by atoms with van der Waals surface area (Å²) in [4.78, 5) is 12.8. The summed E-state index contributed by atoms with van der Waals surface area (Å²) < 4.78 is 14.3. The molecule has 1 atom stereocenters. The maximum atomic E-state index is 12.1. The summed E-state index contributed by atoms with van der Waals surface area (Å²) >= 11 is 5.04. The fourth-order valence-corrected chi connectivity index (χ4v) is 3.11. The molecule has 2 rings (SSSR count). The van der Waals surface area contributed by atoms with Gasteiger partial charge in [-0.05, 0) is 36.5 Å². The van der Waals surface area contributed by atoms with Crippen LogP contribution in [-0.2, 0) is 24.3 Å². The molecule has 0 bridgehead atoms. The Hall–Kier alpha value is -1.80. The molecule has 2 aromatic rings. The highest BCUT2D eigenvalue weighted by molar-refractivity contribution is 7.85. The Bertz CT molecular complexity index is 763. The number of aromatic nitrogens is 3. The van der Waals surface area contributed by atoms with E-state index in [0.29, 0.717) is 23.3 Å². The minimum absolute atomic E-state index is 0.0542. The van der Waals surface area contributed by atoms with Crippen molar-refractivity contribution in [3.63, 3.8) is 0 Å².